The molecule has 4 aromatic rings. The SMILES string of the molecule is CC(=O)NC1CN(Cc2ccccc2)C(COCc2ccccc2)C(OCc2ccccc2)C1OCc1ccccc1. The van der Waals surface area contributed by atoms with Gasteiger partial charge in [0.2, 0.25) is 5.91 Å². The summed E-state index contributed by atoms with van der Waals surface area (Å²) in [6, 6.07) is 40.5. The van der Waals surface area contributed by atoms with Crippen LogP contribution in [0.4, 0.5) is 0 Å². The predicted molar refractivity (Wildman–Crippen MR) is 164 cm³/mol. The number of nitrogens with one attached hydrogen (secondary N) is 1. The van der Waals surface area contributed by atoms with Gasteiger partial charge in [0, 0.05) is 20.0 Å². The number of carbonyl (C=O) groups excluding carboxylic acids is 1. The quantitative estimate of drug-likeness (QED) is 0.224. The average molecular weight is 565 g/mol. The highest BCUT2D eigenvalue weighted by molar-refractivity contribution is 5.73. The molecule has 1 heterocycles. The first-order valence-corrected chi connectivity index (χ1v) is 14.6. The topological polar surface area (TPSA) is 60.0 Å². The minimum atomic E-state index is -0.379. The lowest BCUT2D eigenvalue weighted by Gasteiger charge is -2.48. The van der Waals surface area contributed by atoms with E-state index in [1.807, 2.05) is 60.7 Å². The Hall–Kier alpha value is -3.81. The Balaban J connectivity index is 1.45. The highest BCUT2D eigenvalue weighted by Crippen LogP contribution is 2.28. The number of benzene rings is 4. The van der Waals surface area contributed by atoms with Crippen LogP contribution in [0.2, 0.25) is 0 Å². The van der Waals surface area contributed by atoms with E-state index < -0.39 is 0 Å². The predicted octanol–water partition coefficient (Wildman–Crippen LogP) is 5.76. The van der Waals surface area contributed by atoms with Gasteiger partial charge in [-0.1, -0.05) is 121 Å². The molecular formula is C36H40N2O4. The number of carbonyl (C=O) groups is 1. The molecule has 0 spiro atoms. The van der Waals surface area contributed by atoms with Gasteiger partial charge in [-0.25, -0.2) is 0 Å². The molecule has 0 aromatic heterocycles. The first kappa shape index (κ1) is 29.7. The summed E-state index contributed by atoms with van der Waals surface area (Å²) in [5, 5.41) is 3.19. The molecule has 5 rings (SSSR count). The Bertz CT molecular complexity index is 1340. The number of hydrogen-bond acceptors (Lipinski definition) is 5. The normalized spacial score (nSPS) is 20.7. The lowest BCUT2D eigenvalue weighted by Crippen LogP contribution is -2.67. The highest BCUT2D eigenvalue weighted by atomic mass is 16.5. The van der Waals surface area contributed by atoms with Crippen LogP contribution in [0.5, 0.6) is 0 Å². The molecule has 0 bridgehead atoms. The molecule has 4 unspecified atom stereocenters. The first-order valence-electron chi connectivity index (χ1n) is 14.6. The van der Waals surface area contributed by atoms with E-state index in [4.69, 9.17) is 14.2 Å². The summed E-state index contributed by atoms with van der Waals surface area (Å²) in [4.78, 5) is 14.8. The Labute approximate surface area is 249 Å². The maximum Gasteiger partial charge on any atom is 0.217 e. The van der Waals surface area contributed by atoms with Gasteiger partial charge in [-0.15, -0.1) is 0 Å². The molecule has 1 N–H and O–H groups in total. The van der Waals surface area contributed by atoms with Crippen molar-refractivity contribution in [2.45, 2.75) is 57.6 Å². The van der Waals surface area contributed by atoms with Crippen LogP contribution in [0.3, 0.4) is 0 Å². The minimum Gasteiger partial charge on any atom is -0.375 e. The molecule has 1 fully saturated rings. The van der Waals surface area contributed by atoms with Gasteiger partial charge in [-0.05, 0) is 22.3 Å². The van der Waals surface area contributed by atoms with Gasteiger partial charge in [0.25, 0.3) is 0 Å². The smallest absolute Gasteiger partial charge is 0.217 e. The number of ether oxygens (including phenoxy) is 3. The summed E-state index contributed by atoms with van der Waals surface area (Å²) in [7, 11) is 0. The monoisotopic (exact) mass is 564 g/mol. The Morgan fingerprint density at radius 1 is 0.667 bits per heavy atom. The molecule has 1 saturated heterocycles. The fourth-order valence-corrected chi connectivity index (χ4v) is 5.56. The van der Waals surface area contributed by atoms with Crippen LogP contribution >= 0.6 is 0 Å². The molecule has 4 atom stereocenters. The van der Waals surface area contributed by atoms with Crippen molar-refractivity contribution in [1.29, 1.82) is 0 Å². The van der Waals surface area contributed by atoms with Gasteiger partial charge >= 0.3 is 0 Å². The molecule has 218 valence electrons. The Morgan fingerprint density at radius 2 is 1.12 bits per heavy atom. The Morgan fingerprint density at radius 3 is 1.62 bits per heavy atom. The van der Waals surface area contributed by atoms with Crippen LogP contribution in [0.25, 0.3) is 0 Å². The molecular weight excluding hydrogens is 524 g/mol. The second-order valence-electron chi connectivity index (χ2n) is 10.8. The minimum absolute atomic E-state index is 0.0893. The standard InChI is InChI=1S/C36H40N2O4/c1-28(39)37-33-23-38(22-29-14-6-2-7-15-29)34(27-40-24-30-16-8-3-9-17-30)36(42-26-32-20-12-5-13-21-32)35(33)41-25-31-18-10-4-11-19-31/h2-21,33-36H,22-27H2,1H3,(H,37,39). The first-order chi connectivity index (χ1) is 20.7. The fraction of sp³-hybridized carbons (Fsp3) is 0.306. The third-order valence-electron chi connectivity index (χ3n) is 7.59. The summed E-state index contributed by atoms with van der Waals surface area (Å²) >= 11 is 0. The van der Waals surface area contributed by atoms with Crippen molar-refractivity contribution in [2.75, 3.05) is 13.2 Å². The van der Waals surface area contributed by atoms with Crippen LogP contribution in [-0.2, 0) is 45.4 Å². The zero-order valence-electron chi connectivity index (χ0n) is 24.2. The lowest BCUT2D eigenvalue weighted by molar-refractivity contribution is -0.172. The summed E-state index contributed by atoms with van der Waals surface area (Å²) in [5.41, 5.74) is 4.47. The van der Waals surface area contributed by atoms with Crippen LogP contribution in [0.1, 0.15) is 29.2 Å². The van der Waals surface area contributed by atoms with Gasteiger partial charge in [0.1, 0.15) is 12.2 Å². The maximum absolute atomic E-state index is 12.4. The lowest BCUT2D eigenvalue weighted by atomic mass is 9.91. The number of nitrogens with zero attached hydrogens (tertiary/aromatic N) is 1. The molecule has 42 heavy (non-hydrogen) atoms. The molecule has 1 amide bonds. The van der Waals surface area contributed by atoms with Crippen molar-refractivity contribution < 1.29 is 19.0 Å². The van der Waals surface area contributed by atoms with Crippen molar-refractivity contribution >= 4 is 5.91 Å². The highest BCUT2D eigenvalue weighted by Gasteiger charge is 2.45. The van der Waals surface area contributed by atoms with Gasteiger partial charge in [-0.3, -0.25) is 9.69 Å². The van der Waals surface area contributed by atoms with E-state index in [1.54, 1.807) is 6.92 Å². The maximum atomic E-state index is 12.4. The number of hydrogen-bond donors (Lipinski definition) is 1. The Kier molecular flexibility index (Phi) is 10.9. The van der Waals surface area contributed by atoms with E-state index in [0.29, 0.717) is 39.5 Å². The number of amides is 1. The van der Waals surface area contributed by atoms with Gasteiger partial charge in [0.05, 0.1) is 38.5 Å². The third-order valence-corrected chi connectivity index (χ3v) is 7.59. The molecule has 6 heteroatoms. The van der Waals surface area contributed by atoms with Crippen LogP contribution < -0.4 is 5.32 Å². The van der Waals surface area contributed by atoms with Crippen LogP contribution in [0, 0.1) is 0 Å². The molecule has 0 saturated carbocycles. The molecule has 1 aliphatic rings. The van der Waals surface area contributed by atoms with Crippen molar-refractivity contribution in [3.05, 3.63) is 144 Å². The van der Waals surface area contributed by atoms with Crippen LogP contribution in [0.15, 0.2) is 121 Å². The molecule has 1 aliphatic heterocycles. The van der Waals surface area contributed by atoms with Crippen molar-refractivity contribution in [3.8, 4) is 0 Å². The van der Waals surface area contributed by atoms with E-state index in [-0.39, 0.29) is 30.2 Å². The molecule has 6 nitrogen and oxygen atoms in total. The van der Waals surface area contributed by atoms with Gasteiger partial charge < -0.3 is 19.5 Å². The zero-order chi connectivity index (χ0) is 29.0. The summed E-state index contributed by atoms with van der Waals surface area (Å²) < 4.78 is 19.8. The largest absolute Gasteiger partial charge is 0.375 e. The zero-order valence-corrected chi connectivity index (χ0v) is 24.2. The van der Waals surface area contributed by atoms with Gasteiger partial charge in [-0.2, -0.15) is 0 Å². The number of rotatable bonds is 13. The molecule has 0 aliphatic carbocycles. The third kappa shape index (κ3) is 8.60. The summed E-state index contributed by atoms with van der Waals surface area (Å²) in [5.74, 6) is -0.0893. The van der Waals surface area contributed by atoms with Gasteiger partial charge in [0.15, 0.2) is 0 Å². The van der Waals surface area contributed by atoms with Crippen molar-refractivity contribution in [3.63, 3.8) is 0 Å². The second kappa shape index (κ2) is 15.4. The molecule has 0 radical (unpaired) electrons. The molecule has 4 aromatic carbocycles. The van der Waals surface area contributed by atoms with E-state index in [2.05, 4.69) is 70.9 Å². The number of piperidine rings is 1. The fourth-order valence-electron chi connectivity index (χ4n) is 5.56. The van der Waals surface area contributed by atoms with Crippen molar-refractivity contribution in [2.24, 2.45) is 0 Å². The summed E-state index contributed by atoms with van der Waals surface area (Å²) in [6.45, 7) is 4.68. The number of likely N-dealkylation sites (tertiary alicyclic amines) is 1. The second-order valence-corrected chi connectivity index (χ2v) is 10.8. The average Bonchev–Trinajstić information content (AvgIpc) is 3.02. The van der Waals surface area contributed by atoms with Crippen molar-refractivity contribution in [1.82, 2.24) is 10.2 Å². The van der Waals surface area contributed by atoms with E-state index >= 15 is 0 Å². The van der Waals surface area contributed by atoms with Crippen LogP contribution in [-0.4, -0.2) is 48.3 Å². The van der Waals surface area contributed by atoms with E-state index in [9.17, 15) is 4.79 Å². The van der Waals surface area contributed by atoms with E-state index in [1.165, 1.54) is 5.56 Å². The van der Waals surface area contributed by atoms with E-state index in [0.717, 1.165) is 16.7 Å². The summed E-state index contributed by atoms with van der Waals surface area (Å²) in [6.07, 6.45) is -0.742.